The van der Waals surface area contributed by atoms with Crippen LogP contribution >= 0.6 is 46.4 Å². The number of carbonyl (C=O) groups excluding carboxylic acids is 1. The number of halogens is 4. The average molecular weight is 600 g/mol. The molecule has 0 bridgehead atoms. The lowest BCUT2D eigenvalue weighted by molar-refractivity contribution is 0.242. The molecule has 2 unspecified atom stereocenters. The van der Waals surface area contributed by atoms with Crippen molar-refractivity contribution < 1.29 is 4.79 Å². The summed E-state index contributed by atoms with van der Waals surface area (Å²) < 4.78 is 1.21. The summed E-state index contributed by atoms with van der Waals surface area (Å²) in [6.45, 7) is 4.15. The van der Waals surface area contributed by atoms with Gasteiger partial charge in [0.2, 0.25) is 0 Å². The third-order valence-electron chi connectivity index (χ3n) is 6.27. The van der Waals surface area contributed by atoms with E-state index in [1.807, 2.05) is 25.1 Å². The van der Waals surface area contributed by atoms with Gasteiger partial charge in [-0.1, -0.05) is 92.0 Å². The summed E-state index contributed by atoms with van der Waals surface area (Å²) >= 11 is 25.0. The molecule has 2 amide bonds. The first-order valence-electron chi connectivity index (χ1n) is 13.0. The number of benzene rings is 2. The van der Waals surface area contributed by atoms with Gasteiger partial charge in [0.25, 0.3) is 5.56 Å². The molecule has 0 radical (unpaired) electrons. The Bertz CT molecular complexity index is 1220. The lowest BCUT2D eigenvalue weighted by Gasteiger charge is -2.26. The number of urea groups is 1. The summed E-state index contributed by atoms with van der Waals surface area (Å²) in [4.78, 5) is 28.2. The fraction of sp³-hybridized carbons (Fsp3) is 0.429. The number of hydrogen-bond acceptors (Lipinski definition) is 2. The van der Waals surface area contributed by atoms with Crippen LogP contribution in [0.15, 0.2) is 53.3 Å². The summed E-state index contributed by atoms with van der Waals surface area (Å²) in [5.41, 5.74) is 0.422. The highest BCUT2D eigenvalue weighted by Gasteiger charge is 2.25. The van der Waals surface area contributed by atoms with E-state index in [2.05, 4.69) is 17.3 Å². The Balaban J connectivity index is 1.91. The zero-order valence-electron chi connectivity index (χ0n) is 21.7. The predicted molar refractivity (Wildman–Crippen MR) is 160 cm³/mol. The van der Waals surface area contributed by atoms with Crippen molar-refractivity contribution in [2.75, 3.05) is 4.90 Å². The van der Waals surface area contributed by atoms with Crippen LogP contribution < -0.4 is 15.8 Å². The van der Waals surface area contributed by atoms with Crippen LogP contribution in [0.1, 0.15) is 65.2 Å². The minimum atomic E-state index is -0.428. The lowest BCUT2D eigenvalue weighted by Crippen LogP contribution is -2.43. The summed E-state index contributed by atoms with van der Waals surface area (Å²) in [6, 6.07) is 13.1. The molecular formula is C28H34Cl4N4O2. The number of aromatic amines is 1. The van der Waals surface area contributed by atoms with Gasteiger partial charge in [0.05, 0.1) is 15.7 Å². The van der Waals surface area contributed by atoms with Gasteiger partial charge in [0, 0.05) is 22.5 Å². The van der Waals surface area contributed by atoms with E-state index in [1.165, 1.54) is 47.0 Å². The number of para-hydroxylation sites is 1. The molecule has 0 aliphatic carbocycles. The molecule has 0 saturated carbocycles. The monoisotopic (exact) mass is 598 g/mol. The van der Waals surface area contributed by atoms with Gasteiger partial charge in [-0.25, -0.2) is 14.4 Å². The van der Waals surface area contributed by atoms with Crippen molar-refractivity contribution in [3.63, 3.8) is 0 Å². The van der Waals surface area contributed by atoms with Crippen molar-refractivity contribution in [1.82, 2.24) is 15.1 Å². The molecule has 206 valence electrons. The highest BCUT2D eigenvalue weighted by Crippen LogP contribution is 2.32. The van der Waals surface area contributed by atoms with Crippen LogP contribution in [-0.2, 0) is 0 Å². The molecule has 0 aliphatic rings. The Morgan fingerprint density at radius 2 is 1.63 bits per heavy atom. The van der Waals surface area contributed by atoms with E-state index in [4.69, 9.17) is 46.4 Å². The number of alkyl halides is 1. The van der Waals surface area contributed by atoms with E-state index in [-0.39, 0.29) is 39.0 Å². The number of hydrogen-bond donors (Lipinski definition) is 2. The van der Waals surface area contributed by atoms with E-state index in [9.17, 15) is 9.59 Å². The highest BCUT2D eigenvalue weighted by atomic mass is 35.5. The van der Waals surface area contributed by atoms with Crippen molar-refractivity contribution in [1.29, 1.82) is 0 Å². The number of rotatable bonds is 13. The second kappa shape index (κ2) is 14.9. The summed E-state index contributed by atoms with van der Waals surface area (Å²) in [6.07, 6.45) is 8.13. The van der Waals surface area contributed by atoms with Crippen LogP contribution in [-0.4, -0.2) is 27.2 Å². The Labute approximate surface area is 244 Å². The maximum absolute atomic E-state index is 13.8. The molecule has 3 rings (SSSR count). The van der Waals surface area contributed by atoms with Crippen LogP contribution in [0.25, 0.3) is 5.69 Å². The zero-order valence-corrected chi connectivity index (χ0v) is 24.7. The molecule has 1 aromatic heterocycles. The van der Waals surface area contributed by atoms with Crippen LogP contribution in [0.4, 0.5) is 16.3 Å². The average Bonchev–Trinajstić information content (AvgIpc) is 3.22. The number of unbranched alkanes of at least 4 members (excludes halogenated alkanes) is 4. The number of anilines is 2. The second-order valence-corrected chi connectivity index (χ2v) is 11.4. The smallest absolute Gasteiger partial charge is 0.327 e. The molecule has 10 heteroatoms. The van der Waals surface area contributed by atoms with E-state index < -0.39 is 5.56 Å². The van der Waals surface area contributed by atoms with Crippen LogP contribution in [0, 0.1) is 0 Å². The van der Waals surface area contributed by atoms with E-state index >= 15 is 0 Å². The Morgan fingerprint density at radius 3 is 2.26 bits per heavy atom. The van der Waals surface area contributed by atoms with Crippen LogP contribution in [0.5, 0.6) is 0 Å². The van der Waals surface area contributed by atoms with Gasteiger partial charge in [-0.2, -0.15) is 0 Å². The molecule has 0 aliphatic heterocycles. The molecule has 2 N–H and O–H groups in total. The number of carbonyl (C=O) groups is 1. The Kier molecular flexibility index (Phi) is 11.9. The third kappa shape index (κ3) is 8.44. The minimum Gasteiger partial charge on any atom is -0.335 e. The molecular weight excluding hydrogens is 566 g/mol. The second-order valence-electron chi connectivity index (χ2n) is 9.41. The lowest BCUT2D eigenvalue weighted by atomic mass is 10.0. The summed E-state index contributed by atoms with van der Waals surface area (Å²) in [5, 5.41) is 6.95. The van der Waals surface area contributed by atoms with Crippen molar-refractivity contribution in [3.8, 4) is 5.69 Å². The number of amides is 2. The molecule has 0 spiro atoms. The fourth-order valence-corrected chi connectivity index (χ4v) is 5.42. The first-order chi connectivity index (χ1) is 18.2. The largest absolute Gasteiger partial charge is 0.335 e. The minimum absolute atomic E-state index is 0.0129. The molecule has 0 saturated heterocycles. The Hall–Kier alpha value is -2.12. The quantitative estimate of drug-likeness (QED) is 0.152. The van der Waals surface area contributed by atoms with Gasteiger partial charge in [-0.3, -0.25) is 9.89 Å². The van der Waals surface area contributed by atoms with Gasteiger partial charge in [-0.15, -0.1) is 11.6 Å². The SMILES string of the molecule is CCCCCCCC(CCC(C)Cl)NC(=O)N(c1ccccc1)c1cc(=O)n(-c2c(Cl)cc(Cl)cc2Cl)[nH]1. The first kappa shape index (κ1) is 30.4. The van der Waals surface area contributed by atoms with E-state index in [0.717, 1.165) is 32.1 Å². The molecule has 0 fully saturated rings. The molecule has 1 heterocycles. The number of H-pyrrole nitrogens is 1. The summed E-state index contributed by atoms with van der Waals surface area (Å²) in [7, 11) is 0. The number of nitrogens with one attached hydrogen (secondary N) is 2. The van der Waals surface area contributed by atoms with Crippen molar-refractivity contribution in [2.45, 2.75) is 76.6 Å². The molecule has 6 nitrogen and oxygen atoms in total. The van der Waals surface area contributed by atoms with Gasteiger partial charge >= 0.3 is 6.03 Å². The van der Waals surface area contributed by atoms with Crippen LogP contribution in [0.2, 0.25) is 15.1 Å². The van der Waals surface area contributed by atoms with E-state index in [0.29, 0.717) is 10.7 Å². The van der Waals surface area contributed by atoms with Crippen molar-refractivity contribution >= 4 is 63.9 Å². The van der Waals surface area contributed by atoms with Gasteiger partial charge < -0.3 is 5.32 Å². The standard InChI is InChI=1S/C28H34Cl4N4O2/c1-3-4-5-6-8-11-21(15-14-19(2)29)33-28(38)35(22-12-9-7-10-13-22)25-18-26(37)36(34-25)27-23(31)16-20(30)17-24(27)32/h7,9-10,12-13,16-19,21,34H,3-6,8,11,14-15H2,1-2H3,(H,33,38). The van der Waals surface area contributed by atoms with Gasteiger partial charge in [0.15, 0.2) is 0 Å². The zero-order chi connectivity index (χ0) is 27.7. The maximum Gasteiger partial charge on any atom is 0.327 e. The number of aromatic nitrogens is 2. The number of nitrogens with zero attached hydrogens (tertiary/aromatic N) is 2. The highest BCUT2D eigenvalue weighted by molar-refractivity contribution is 6.40. The van der Waals surface area contributed by atoms with Crippen molar-refractivity contribution in [2.24, 2.45) is 0 Å². The normalized spacial score (nSPS) is 12.8. The van der Waals surface area contributed by atoms with Crippen molar-refractivity contribution in [3.05, 3.63) is 74.0 Å². The summed E-state index contributed by atoms with van der Waals surface area (Å²) in [5.74, 6) is 0.271. The maximum atomic E-state index is 13.8. The van der Waals surface area contributed by atoms with Gasteiger partial charge in [-0.05, 0) is 50.5 Å². The molecule has 2 atom stereocenters. The Morgan fingerprint density at radius 1 is 0.974 bits per heavy atom. The third-order valence-corrected chi connectivity index (χ3v) is 7.28. The fourth-order valence-electron chi connectivity index (χ4n) is 4.31. The van der Waals surface area contributed by atoms with Gasteiger partial charge in [0.1, 0.15) is 11.5 Å². The molecule has 3 aromatic rings. The van der Waals surface area contributed by atoms with E-state index in [1.54, 1.807) is 12.1 Å². The predicted octanol–water partition coefficient (Wildman–Crippen LogP) is 9.11. The topological polar surface area (TPSA) is 70.1 Å². The first-order valence-corrected chi connectivity index (χ1v) is 14.5. The van der Waals surface area contributed by atoms with Crippen LogP contribution in [0.3, 0.4) is 0 Å². The molecule has 38 heavy (non-hydrogen) atoms. The molecule has 2 aromatic carbocycles.